The summed E-state index contributed by atoms with van der Waals surface area (Å²) in [6, 6.07) is 7.78. The molecule has 1 aliphatic rings. The minimum absolute atomic E-state index is 0.00683. The molecule has 2 heterocycles. The molecule has 0 saturated carbocycles. The first-order valence-corrected chi connectivity index (χ1v) is 8.13. The fourth-order valence-corrected chi connectivity index (χ4v) is 3.37. The van der Waals surface area contributed by atoms with E-state index >= 15 is 0 Å². The first-order valence-electron chi connectivity index (χ1n) is 8.13. The molecule has 6 nitrogen and oxygen atoms in total. The highest BCUT2D eigenvalue weighted by Gasteiger charge is 2.28. The Balaban J connectivity index is 1.93. The zero-order valence-corrected chi connectivity index (χ0v) is 14.5. The summed E-state index contributed by atoms with van der Waals surface area (Å²) in [6.45, 7) is 3.71. The van der Waals surface area contributed by atoms with Gasteiger partial charge in [-0.2, -0.15) is 0 Å². The van der Waals surface area contributed by atoms with Crippen molar-refractivity contribution in [3.8, 4) is 0 Å². The molecular formula is C19H20N2O4. The van der Waals surface area contributed by atoms with Crippen molar-refractivity contribution in [3.63, 3.8) is 0 Å². The van der Waals surface area contributed by atoms with Gasteiger partial charge in [-0.05, 0) is 30.5 Å². The molecule has 1 N–H and O–H groups in total. The van der Waals surface area contributed by atoms with Crippen LogP contribution < -0.4 is 4.90 Å². The number of benzene rings is 1. The molecule has 0 aliphatic carbocycles. The number of carbonyl (C=O) groups excluding carboxylic acids is 3. The highest BCUT2D eigenvalue weighted by molar-refractivity contribution is 6.03. The fraction of sp³-hybridized carbons (Fsp3) is 0.316. The number of ether oxygens (including phenoxy) is 1. The Kier molecular flexibility index (Phi) is 4.44. The summed E-state index contributed by atoms with van der Waals surface area (Å²) in [4.78, 5) is 41.4. The average Bonchev–Trinajstić information content (AvgIpc) is 3.15. The standard InChI is InChI=1S/C19H20N2O4/c1-11-17(19(24)25-3)14(20-18(11)12(2)22)10-16(23)21-9-8-13-6-4-5-7-15(13)21/h4-7,20H,8-10H2,1-3H3. The number of fused-ring (bicyclic) bond motifs is 1. The van der Waals surface area contributed by atoms with Gasteiger partial charge in [-0.15, -0.1) is 0 Å². The maximum Gasteiger partial charge on any atom is 0.339 e. The third-order valence-electron chi connectivity index (χ3n) is 4.59. The van der Waals surface area contributed by atoms with Gasteiger partial charge in [0, 0.05) is 24.8 Å². The molecule has 130 valence electrons. The number of Topliss-reactive ketones (excluding diaryl/α,β-unsaturated/α-hetero) is 1. The van der Waals surface area contributed by atoms with Crippen molar-refractivity contribution in [1.29, 1.82) is 0 Å². The van der Waals surface area contributed by atoms with Gasteiger partial charge in [-0.1, -0.05) is 18.2 Å². The molecule has 0 atom stereocenters. The molecule has 25 heavy (non-hydrogen) atoms. The second-order valence-electron chi connectivity index (χ2n) is 6.13. The van der Waals surface area contributed by atoms with Crippen LogP contribution in [0.5, 0.6) is 0 Å². The summed E-state index contributed by atoms with van der Waals surface area (Å²) < 4.78 is 4.82. The number of rotatable bonds is 4. The zero-order chi connectivity index (χ0) is 18.1. The molecule has 0 radical (unpaired) electrons. The Morgan fingerprint density at radius 3 is 2.64 bits per heavy atom. The van der Waals surface area contributed by atoms with E-state index in [4.69, 9.17) is 4.74 Å². The van der Waals surface area contributed by atoms with Gasteiger partial charge in [0.2, 0.25) is 5.91 Å². The molecule has 1 aromatic carbocycles. The smallest absolute Gasteiger partial charge is 0.339 e. The maximum atomic E-state index is 12.8. The van der Waals surface area contributed by atoms with E-state index in [1.54, 1.807) is 11.8 Å². The topological polar surface area (TPSA) is 79.5 Å². The van der Waals surface area contributed by atoms with Crippen LogP contribution in [-0.4, -0.2) is 36.3 Å². The molecule has 0 bridgehead atoms. The van der Waals surface area contributed by atoms with Crippen LogP contribution in [0.15, 0.2) is 24.3 Å². The Morgan fingerprint density at radius 1 is 1.24 bits per heavy atom. The predicted octanol–water partition coefficient (Wildman–Crippen LogP) is 2.44. The number of hydrogen-bond donors (Lipinski definition) is 1. The van der Waals surface area contributed by atoms with Crippen molar-refractivity contribution in [3.05, 3.63) is 52.3 Å². The first kappa shape index (κ1) is 17.0. The van der Waals surface area contributed by atoms with Crippen LogP contribution in [0, 0.1) is 6.92 Å². The lowest BCUT2D eigenvalue weighted by atomic mass is 10.1. The van der Waals surface area contributed by atoms with Gasteiger partial charge < -0.3 is 14.6 Å². The molecule has 0 fully saturated rings. The Bertz CT molecular complexity index is 866. The summed E-state index contributed by atoms with van der Waals surface area (Å²) in [6.07, 6.45) is 0.821. The Morgan fingerprint density at radius 2 is 1.96 bits per heavy atom. The van der Waals surface area contributed by atoms with Gasteiger partial charge in [0.05, 0.1) is 24.8 Å². The number of methoxy groups -OCH3 is 1. The van der Waals surface area contributed by atoms with Gasteiger partial charge in [0.1, 0.15) is 0 Å². The number of esters is 1. The number of ketones is 1. The summed E-state index contributed by atoms with van der Waals surface area (Å²) in [5, 5.41) is 0. The lowest BCUT2D eigenvalue weighted by Crippen LogP contribution is -2.31. The SMILES string of the molecule is COC(=O)c1c(CC(=O)N2CCc3ccccc32)[nH]c(C(C)=O)c1C. The van der Waals surface area contributed by atoms with E-state index in [9.17, 15) is 14.4 Å². The van der Waals surface area contributed by atoms with Crippen LogP contribution in [-0.2, 0) is 22.4 Å². The molecule has 0 saturated heterocycles. The number of H-pyrrole nitrogens is 1. The van der Waals surface area contributed by atoms with E-state index in [1.165, 1.54) is 14.0 Å². The number of anilines is 1. The second-order valence-corrected chi connectivity index (χ2v) is 6.13. The Labute approximate surface area is 145 Å². The molecule has 2 aromatic rings. The third kappa shape index (κ3) is 2.95. The summed E-state index contributed by atoms with van der Waals surface area (Å²) in [5.74, 6) is -0.856. The molecule has 0 unspecified atom stereocenters. The van der Waals surface area contributed by atoms with Crippen LogP contribution >= 0.6 is 0 Å². The van der Waals surface area contributed by atoms with E-state index in [1.807, 2.05) is 24.3 Å². The van der Waals surface area contributed by atoms with Crippen molar-refractivity contribution in [1.82, 2.24) is 4.98 Å². The number of para-hydroxylation sites is 1. The van der Waals surface area contributed by atoms with Crippen LogP contribution in [0.2, 0.25) is 0 Å². The van der Waals surface area contributed by atoms with Crippen molar-refractivity contribution in [2.24, 2.45) is 0 Å². The minimum Gasteiger partial charge on any atom is -0.465 e. The van der Waals surface area contributed by atoms with Crippen LogP contribution in [0.4, 0.5) is 5.69 Å². The maximum absolute atomic E-state index is 12.8. The van der Waals surface area contributed by atoms with E-state index < -0.39 is 5.97 Å². The van der Waals surface area contributed by atoms with Gasteiger partial charge in [-0.3, -0.25) is 9.59 Å². The van der Waals surface area contributed by atoms with E-state index in [0.717, 1.165) is 17.7 Å². The summed E-state index contributed by atoms with van der Waals surface area (Å²) in [5.41, 5.74) is 3.59. The molecular weight excluding hydrogens is 320 g/mol. The van der Waals surface area contributed by atoms with Gasteiger partial charge >= 0.3 is 5.97 Å². The number of nitrogens with one attached hydrogen (secondary N) is 1. The molecule has 0 spiro atoms. The van der Waals surface area contributed by atoms with Gasteiger partial charge in [-0.25, -0.2) is 4.79 Å². The molecule has 1 amide bonds. The third-order valence-corrected chi connectivity index (χ3v) is 4.59. The van der Waals surface area contributed by atoms with E-state index in [0.29, 0.717) is 23.5 Å². The van der Waals surface area contributed by atoms with Crippen LogP contribution in [0.1, 0.15) is 44.6 Å². The molecule has 1 aliphatic heterocycles. The number of nitrogens with zero attached hydrogens (tertiary/aromatic N) is 1. The first-order chi connectivity index (χ1) is 11.9. The lowest BCUT2D eigenvalue weighted by Gasteiger charge is -2.17. The quantitative estimate of drug-likeness (QED) is 0.685. The van der Waals surface area contributed by atoms with Crippen LogP contribution in [0.25, 0.3) is 0 Å². The number of amides is 1. The average molecular weight is 340 g/mol. The largest absolute Gasteiger partial charge is 0.465 e. The summed E-state index contributed by atoms with van der Waals surface area (Å²) >= 11 is 0. The highest BCUT2D eigenvalue weighted by Crippen LogP contribution is 2.29. The number of hydrogen-bond acceptors (Lipinski definition) is 4. The monoisotopic (exact) mass is 340 g/mol. The Hall–Kier alpha value is -2.89. The van der Waals surface area contributed by atoms with Gasteiger partial charge in [0.15, 0.2) is 5.78 Å². The highest BCUT2D eigenvalue weighted by atomic mass is 16.5. The zero-order valence-electron chi connectivity index (χ0n) is 14.5. The van der Waals surface area contributed by atoms with E-state index in [-0.39, 0.29) is 23.7 Å². The van der Waals surface area contributed by atoms with Crippen molar-refractivity contribution in [2.75, 3.05) is 18.6 Å². The molecule has 3 rings (SSSR count). The van der Waals surface area contributed by atoms with Crippen molar-refractivity contribution in [2.45, 2.75) is 26.7 Å². The van der Waals surface area contributed by atoms with E-state index in [2.05, 4.69) is 4.98 Å². The predicted molar refractivity (Wildman–Crippen MR) is 93.1 cm³/mol. The summed E-state index contributed by atoms with van der Waals surface area (Å²) in [7, 11) is 1.28. The molecule has 6 heteroatoms. The van der Waals surface area contributed by atoms with Gasteiger partial charge in [0.25, 0.3) is 0 Å². The molecule has 1 aromatic heterocycles. The van der Waals surface area contributed by atoms with Crippen molar-refractivity contribution < 1.29 is 19.1 Å². The van der Waals surface area contributed by atoms with Crippen molar-refractivity contribution >= 4 is 23.3 Å². The lowest BCUT2D eigenvalue weighted by molar-refractivity contribution is -0.117. The van der Waals surface area contributed by atoms with Crippen LogP contribution in [0.3, 0.4) is 0 Å². The number of carbonyl (C=O) groups is 3. The second kappa shape index (κ2) is 6.55. The normalized spacial score (nSPS) is 12.8. The number of aromatic amines is 1. The fourth-order valence-electron chi connectivity index (χ4n) is 3.37. The minimum atomic E-state index is -0.550. The number of aromatic nitrogens is 1.